The molecule has 0 heterocycles. The van der Waals surface area contributed by atoms with Gasteiger partial charge in [-0.15, -0.1) is 0 Å². The molecule has 0 spiro atoms. The van der Waals surface area contributed by atoms with Crippen LogP contribution < -0.4 is 0 Å². The topological polar surface area (TPSA) is 37.3 Å². The van der Waals surface area contributed by atoms with Gasteiger partial charge in [0, 0.05) is 0 Å². The van der Waals surface area contributed by atoms with Gasteiger partial charge in [-0.05, 0) is 5.92 Å². The van der Waals surface area contributed by atoms with Crippen LogP contribution in [-0.2, 0) is 4.79 Å². The number of hydrogen-bond donors (Lipinski definition) is 1. The second-order valence-corrected chi connectivity index (χ2v) is 3.93. The highest BCUT2D eigenvalue weighted by Crippen LogP contribution is 1.87. The Bertz CT molecular complexity index is 93.5. The quantitative estimate of drug-likeness (QED) is 0.682. The smallest absolute Gasteiger partial charge is 0.305 e. The van der Waals surface area contributed by atoms with E-state index in [1.165, 1.54) is 6.42 Å². The Balaban J connectivity index is -0.000000125. The first-order valence-electron chi connectivity index (χ1n) is 5.02. The lowest BCUT2D eigenvalue weighted by atomic mass is 10.2. The Morgan fingerprint density at radius 2 is 1.15 bits per heavy atom. The third-order valence-electron chi connectivity index (χ3n) is 0.494. The predicted molar refractivity (Wildman–Crippen MR) is 59.0 cm³/mol. The van der Waals surface area contributed by atoms with Gasteiger partial charge in [-0.1, -0.05) is 54.9 Å². The molecule has 1 N–H and O–H groups in total. The minimum Gasteiger partial charge on any atom is -0.481 e. The summed E-state index contributed by atoms with van der Waals surface area (Å²) >= 11 is 0. The van der Waals surface area contributed by atoms with Crippen LogP contribution in [0.3, 0.4) is 0 Å². The summed E-state index contributed by atoms with van der Waals surface area (Å²) in [6, 6.07) is 0. The van der Waals surface area contributed by atoms with E-state index in [0.29, 0.717) is 0 Å². The standard InChI is InChI=1S/C4H8O2.C4H10.C3H8/c1-3(2)4(5)6;1-4(2)3;1-3-2/h3H,1-2H3,(H,5,6);4H,1-3H3;3H2,1-2H3. The van der Waals surface area contributed by atoms with Gasteiger partial charge in [0.1, 0.15) is 0 Å². The largest absolute Gasteiger partial charge is 0.481 e. The summed E-state index contributed by atoms with van der Waals surface area (Å²) in [5, 5.41) is 7.99. The van der Waals surface area contributed by atoms with Crippen LogP contribution in [0.1, 0.15) is 54.9 Å². The van der Waals surface area contributed by atoms with E-state index in [9.17, 15) is 4.79 Å². The van der Waals surface area contributed by atoms with Gasteiger partial charge in [0.25, 0.3) is 0 Å². The summed E-state index contributed by atoms with van der Waals surface area (Å²) in [6.07, 6.45) is 1.25. The van der Waals surface area contributed by atoms with Crippen molar-refractivity contribution in [2.24, 2.45) is 11.8 Å². The van der Waals surface area contributed by atoms with Crippen LogP contribution in [-0.4, -0.2) is 11.1 Å². The predicted octanol–water partition coefficient (Wildman–Crippen LogP) is 3.81. The van der Waals surface area contributed by atoms with E-state index in [2.05, 4.69) is 34.6 Å². The van der Waals surface area contributed by atoms with E-state index in [0.717, 1.165) is 5.92 Å². The molecule has 13 heavy (non-hydrogen) atoms. The van der Waals surface area contributed by atoms with Gasteiger partial charge in [-0.25, -0.2) is 0 Å². The zero-order chi connectivity index (χ0) is 11.4. The van der Waals surface area contributed by atoms with E-state index in [1.807, 2.05) is 0 Å². The highest BCUT2D eigenvalue weighted by molar-refractivity contribution is 5.68. The van der Waals surface area contributed by atoms with Crippen molar-refractivity contribution >= 4 is 5.97 Å². The van der Waals surface area contributed by atoms with Gasteiger partial charge in [0.2, 0.25) is 0 Å². The van der Waals surface area contributed by atoms with Crippen molar-refractivity contribution in [3.8, 4) is 0 Å². The molecule has 0 aromatic rings. The molecule has 0 aromatic carbocycles. The van der Waals surface area contributed by atoms with Crippen LogP contribution in [0.15, 0.2) is 0 Å². The van der Waals surface area contributed by atoms with Crippen LogP contribution in [0.2, 0.25) is 0 Å². The highest BCUT2D eigenvalue weighted by Gasteiger charge is 1.99. The fourth-order valence-corrected chi connectivity index (χ4v) is 0. The lowest BCUT2D eigenvalue weighted by Crippen LogP contribution is -2.03. The summed E-state index contributed by atoms with van der Waals surface area (Å²) in [7, 11) is 0. The number of aliphatic carboxylic acids is 1. The van der Waals surface area contributed by atoms with Crippen molar-refractivity contribution in [3.63, 3.8) is 0 Å². The molecule has 0 aromatic heterocycles. The summed E-state index contributed by atoms with van der Waals surface area (Å²) in [5.74, 6) is -0.139. The monoisotopic (exact) mass is 190 g/mol. The molecule has 0 aliphatic rings. The van der Waals surface area contributed by atoms with Crippen LogP contribution in [0.4, 0.5) is 0 Å². The molecule has 82 valence electrons. The molecule has 0 saturated carbocycles. The van der Waals surface area contributed by atoms with Crippen molar-refractivity contribution in [1.82, 2.24) is 0 Å². The first kappa shape index (κ1) is 18.3. The first-order valence-corrected chi connectivity index (χ1v) is 5.02. The van der Waals surface area contributed by atoms with E-state index in [-0.39, 0.29) is 5.92 Å². The molecule has 2 heteroatoms. The molecular weight excluding hydrogens is 164 g/mol. The lowest BCUT2D eigenvalue weighted by molar-refractivity contribution is -0.140. The average molecular weight is 190 g/mol. The zero-order valence-corrected chi connectivity index (χ0v) is 10.2. The van der Waals surface area contributed by atoms with Gasteiger partial charge in [0.15, 0.2) is 0 Å². The highest BCUT2D eigenvalue weighted by atomic mass is 16.4. The minimum atomic E-state index is -0.741. The molecule has 0 rings (SSSR count). The number of carboxylic acids is 1. The molecule has 0 fully saturated rings. The summed E-state index contributed by atoms with van der Waals surface area (Å²) in [4.78, 5) is 9.70. The second-order valence-electron chi connectivity index (χ2n) is 3.93. The molecule has 0 saturated heterocycles. The molecular formula is C11H26O2. The van der Waals surface area contributed by atoms with Gasteiger partial charge in [-0.2, -0.15) is 0 Å². The number of carboxylic acid groups (broad SMARTS) is 1. The second kappa shape index (κ2) is 14.0. The van der Waals surface area contributed by atoms with Gasteiger partial charge < -0.3 is 5.11 Å². The molecule has 2 nitrogen and oxygen atoms in total. The van der Waals surface area contributed by atoms with Crippen molar-refractivity contribution < 1.29 is 9.90 Å². The van der Waals surface area contributed by atoms with Crippen LogP contribution in [0, 0.1) is 11.8 Å². The van der Waals surface area contributed by atoms with E-state index in [1.54, 1.807) is 13.8 Å². The van der Waals surface area contributed by atoms with Gasteiger partial charge in [0.05, 0.1) is 5.92 Å². The van der Waals surface area contributed by atoms with Crippen LogP contribution >= 0.6 is 0 Å². The maximum Gasteiger partial charge on any atom is 0.305 e. The molecule has 0 unspecified atom stereocenters. The number of hydrogen-bond acceptors (Lipinski definition) is 1. The Kier molecular flexibility index (Phi) is 19.7. The minimum absolute atomic E-state index is 0.231. The Labute approximate surface area is 83.4 Å². The molecule has 0 atom stereocenters. The van der Waals surface area contributed by atoms with E-state index in [4.69, 9.17) is 5.11 Å². The van der Waals surface area contributed by atoms with Gasteiger partial charge >= 0.3 is 5.97 Å². The maximum absolute atomic E-state index is 9.70. The molecule has 0 radical (unpaired) electrons. The van der Waals surface area contributed by atoms with Crippen molar-refractivity contribution in [2.75, 3.05) is 0 Å². The summed E-state index contributed by atoms with van der Waals surface area (Å²) < 4.78 is 0. The molecule has 0 amide bonds. The summed E-state index contributed by atoms with van der Waals surface area (Å²) in [6.45, 7) is 14.0. The number of carbonyl (C=O) groups is 1. The van der Waals surface area contributed by atoms with Crippen molar-refractivity contribution in [1.29, 1.82) is 0 Å². The van der Waals surface area contributed by atoms with E-state index < -0.39 is 5.97 Å². The molecule has 0 aliphatic carbocycles. The Hall–Kier alpha value is -0.530. The third-order valence-corrected chi connectivity index (χ3v) is 0.494. The lowest BCUT2D eigenvalue weighted by Gasteiger charge is -1.89. The molecule has 0 bridgehead atoms. The SMILES string of the molecule is CC(C)C.CC(C)C(=O)O.CCC. The third kappa shape index (κ3) is 85.4. The average Bonchev–Trinajstić information content (AvgIpc) is 1.87. The van der Waals surface area contributed by atoms with Crippen LogP contribution in [0.5, 0.6) is 0 Å². The van der Waals surface area contributed by atoms with Crippen LogP contribution in [0.25, 0.3) is 0 Å². The van der Waals surface area contributed by atoms with Gasteiger partial charge in [-0.3, -0.25) is 4.79 Å². The normalized spacial score (nSPS) is 8.38. The van der Waals surface area contributed by atoms with Crippen molar-refractivity contribution in [2.45, 2.75) is 54.9 Å². The Morgan fingerprint density at radius 3 is 1.15 bits per heavy atom. The fourth-order valence-electron chi connectivity index (χ4n) is 0. The van der Waals surface area contributed by atoms with Crippen molar-refractivity contribution in [3.05, 3.63) is 0 Å². The fraction of sp³-hybridized carbons (Fsp3) is 0.909. The summed E-state index contributed by atoms with van der Waals surface area (Å²) in [5.41, 5.74) is 0. The maximum atomic E-state index is 9.70. The zero-order valence-electron chi connectivity index (χ0n) is 10.2. The van der Waals surface area contributed by atoms with E-state index >= 15 is 0 Å². The molecule has 0 aliphatic heterocycles. The number of rotatable bonds is 1. The Morgan fingerprint density at radius 1 is 1.08 bits per heavy atom. The first-order chi connectivity index (χ1) is 5.79.